The van der Waals surface area contributed by atoms with Crippen LogP contribution in [0.25, 0.3) is 0 Å². The van der Waals surface area contributed by atoms with Gasteiger partial charge in [-0.05, 0) is 91.8 Å². The van der Waals surface area contributed by atoms with Crippen molar-refractivity contribution in [2.75, 3.05) is 6.54 Å². The highest BCUT2D eigenvalue weighted by molar-refractivity contribution is 5.86. The third-order valence-electron chi connectivity index (χ3n) is 9.04. The Bertz CT molecular complexity index is 662. The minimum absolute atomic E-state index is 0.0258. The zero-order chi connectivity index (χ0) is 17.6. The average Bonchev–Trinajstić information content (AvgIpc) is 3.40. The van der Waals surface area contributed by atoms with E-state index in [2.05, 4.69) is 17.5 Å². The first-order chi connectivity index (χ1) is 12.5. The van der Waals surface area contributed by atoms with E-state index in [0.717, 1.165) is 30.7 Å². The fourth-order valence-corrected chi connectivity index (χ4v) is 8.47. The molecule has 0 aromatic carbocycles. The third kappa shape index (κ3) is 2.13. The van der Waals surface area contributed by atoms with Gasteiger partial charge in [-0.1, -0.05) is 12.2 Å². The van der Waals surface area contributed by atoms with E-state index in [1.165, 1.54) is 38.5 Å². The minimum atomic E-state index is -0.773. The number of carboxylic acids is 1. The first-order valence-corrected chi connectivity index (χ1v) is 10.7. The molecule has 26 heavy (non-hydrogen) atoms. The fraction of sp³-hybridized carbons (Fsp3) is 0.818. The molecule has 2 N–H and O–H groups in total. The summed E-state index contributed by atoms with van der Waals surface area (Å²) in [7, 11) is 0. The number of carbonyl (C=O) groups is 2. The summed E-state index contributed by atoms with van der Waals surface area (Å²) in [6, 6.07) is 0. The lowest BCUT2D eigenvalue weighted by Gasteiger charge is -2.57. The summed E-state index contributed by atoms with van der Waals surface area (Å²) in [5.74, 6) is 2.37. The van der Waals surface area contributed by atoms with Gasteiger partial charge in [0, 0.05) is 6.54 Å². The summed E-state index contributed by atoms with van der Waals surface area (Å²) in [5, 5.41) is 13.1. The molecule has 0 aromatic heterocycles. The van der Waals surface area contributed by atoms with Gasteiger partial charge in [-0.2, -0.15) is 0 Å². The quantitative estimate of drug-likeness (QED) is 0.762. The first-order valence-electron chi connectivity index (χ1n) is 10.7. The van der Waals surface area contributed by atoms with Crippen LogP contribution in [0.15, 0.2) is 12.2 Å². The van der Waals surface area contributed by atoms with Crippen molar-refractivity contribution in [2.45, 2.75) is 44.9 Å². The van der Waals surface area contributed by atoms with Crippen molar-refractivity contribution in [3.05, 3.63) is 12.2 Å². The van der Waals surface area contributed by atoms with Crippen LogP contribution in [0.4, 0.5) is 0 Å². The zero-order valence-electron chi connectivity index (χ0n) is 15.3. The molecular weight excluding hydrogens is 326 g/mol. The number of nitrogens with one attached hydrogen (secondary N) is 1. The zero-order valence-corrected chi connectivity index (χ0v) is 15.3. The van der Waals surface area contributed by atoms with E-state index in [1.807, 2.05) is 0 Å². The number of allylic oxidation sites excluding steroid dienone is 2. The molecule has 0 unspecified atom stereocenters. The molecule has 0 radical (unpaired) electrons. The molecule has 0 heterocycles. The predicted molar refractivity (Wildman–Crippen MR) is 95.9 cm³/mol. The maximum absolute atomic E-state index is 13.2. The number of hydrogen-bond acceptors (Lipinski definition) is 2. The molecular formula is C22H29NO3. The number of hydrogen-bond donors (Lipinski definition) is 2. The first kappa shape index (κ1) is 15.7. The molecule has 0 aromatic rings. The summed E-state index contributed by atoms with van der Waals surface area (Å²) >= 11 is 0. The van der Waals surface area contributed by atoms with E-state index < -0.39 is 11.9 Å². The number of aliphatic carboxylic acids is 1. The van der Waals surface area contributed by atoms with E-state index in [4.69, 9.17) is 0 Å². The number of fused-ring (bicyclic) bond motifs is 1. The van der Waals surface area contributed by atoms with E-state index in [9.17, 15) is 14.7 Å². The maximum atomic E-state index is 13.2. The second-order valence-corrected chi connectivity index (χ2v) is 10.6. The number of rotatable bonds is 4. The van der Waals surface area contributed by atoms with Gasteiger partial charge >= 0.3 is 5.97 Å². The number of carbonyl (C=O) groups excluding carboxylic acids is 1. The van der Waals surface area contributed by atoms with Crippen LogP contribution in [0.5, 0.6) is 0 Å². The van der Waals surface area contributed by atoms with Crippen LogP contribution in [-0.4, -0.2) is 23.5 Å². The van der Waals surface area contributed by atoms with Gasteiger partial charge in [0.2, 0.25) is 5.91 Å². The van der Waals surface area contributed by atoms with Crippen LogP contribution < -0.4 is 5.32 Å². The van der Waals surface area contributed by atoms with E-state index in [-0.39, 0.29) is 23.7 Å². The lowest BCUT2D eigenvalue weighted by molar-refractivity contribution is -0.153. The Kier molecular flexibility index (Phi) is 3.11. The Morgan fingerprint density at radius 3 is 1.96 bits per heavy atom. The molecule has 8 aliphatic rings. The van der Waals surface area contributed by atoms with Crippen molar-refractivity contribution < 1.29 is 14.7 Å². The minimum Gasteiger partial charge on any atom is -0.481 e. The van der Waals surface area contributed by atoms with Gasteiger partial charge in [0.15, 0.2) is 0 Å². The highest BCUT2D eigenvalue weighted by Crippen LogP contribution is 2.64. The molecule has 0 aliphatic heterocycles. The maximum Gasteiger partial charge on any atom is 0.307 e. The van der Waals surface area contributed by atoms with Crippen molar-refractivity contribution in [1.29, 1.82) is 0 Å². The van der Waals surface area contributed by atoms with Crippen molar-refractivity contribution >= 4 is 11.9 Å². The molecule has 140 valence electrons. The third-order valence-corrected chi connectivity index (χ3v) is 9.04. The van der Waals surface area contributed by atoms with Crippen LogP contribution in [0.2, 0.25) is 0 Å². The van der Waals surface area contributed by atoms with Crippen LogP contribution in [0, 0.1) is 58.7 Å². The monoisotopic (exact) mass is 355 g/mol. The molecule has 0 spiro atoms. The number of amides is 1. The molecule has 6 atom stereocenters. The van der Waals surface area contributed by atoms with E-state index >= 15 is 0 Å². The van der Waals surface area contributed by atoms with Gasteiger partial charge < -0.3 is 10.4 Å². The van der Waals surface area contributed by atoms with Crippen LogP contribution in [0.1, 0.15) is 44.9 Å². The molecule has 1 amide bonds. The highest BCUT2D eigenvalue weighted by atomic mass is 16.4. The topological polar surface area (TPSA) is 66.4 Å². The van der Waals surface area contributed by atoms with Crippen LogP contribution in [-0.2, 0) is 9.59 Å². The lowest BCUT2D eigenvalue weighted by Crippen LogP contribution is -2.54. The lowest BCUT2D eigenvalue weighted by atomic mass is 9.49. The van der Waals surface area contributed by atoms with Crippen molar-refractivity contribution in [3.63, 3.8) is 0 Å². The van der Waals surface area contributed by atoms with Crippen LogP contribution in [0.3, 0.4) is 0 Å². The summed E-state index contributed by atoms with van der Waals surface area (Å²) in [4.78, 5) is 25.1. The average molecular weight is 355 g/mol. The van der Waals surface area contributed by atoms with Crippen molar-refractivity contribution in [2.24, 2.45) is 58.7 Å². The van der Waals surface area contributed by atoms with Gasteiger partial charge in [-0.3, -0.25) is 9.59 Å². The van der Waals surface area contributed by atoms with E-state index in [0.29, 0.717) is 17.3 Å². The Balaban J connectivity index is 1.19. The summed E-state index contributed by atoms with van der Waals surface area (Å²) in [5.41, 5.74) is 0.314. The molecule has 8 aliphatic carbocycles. The van der Waals surface area contributed by atoms with Crippen LogP contribution >= 0.6 is 0 Å². The summed E-state index contributed by atoms with van der Waals surface area (Å²) < 4.78 is 0. The van der Waals surface area contributed by atoms with E-state index in [1.54, 1.807) is 0 Å². The Hall–Kier alpha value is -1.32. The second kappa shape index (κ2) is 5.14. The van der Waals surface area contributed by atoms with Gasteiger partial charge in [0.25, 0.3) is 0 Å². The fourth-order valence-electron chi connectivity index (χ4n) is 8.47. The SMILES string of the molecule is O=C(O)[C@H]1[C@@H]2C=C[C@@H]([C@@H]3C[C@H]23)[C@@H]1C(=O)NCC12CC3CC(CC(C3)C1)C2. The molecule has 6 saturated carbocycles. The molecule has 0 saturated heterocycles. The summed E-state index contributed by atoms with van der Waals surface area (Å²) in [6.45, 7) is 0.785. The largest absolute Gasteiger partial charge is 0.481 e. The van der Waals surface area contributed by atoms with Gasteiger partial charge in [0.1, 0.15) is 0 Å². The highest BCUT2D eigenvalue weighted by Gasteiger charge is 2.63. The molecule has 6 bridgehead atoms. The predicted octanol–water partition coefficient (Wildman–Crippen LogP) is 3.09. The van der Waals surface area contributed by atoms with Crippen molar-refractivity contribution in [1.82, 2.24) is 5.32 Å². The molecule has 4 heteroatoms. The normalized spacial score (nSPS) is 54.8. The smallest absolute Gasteiger partial charge is 0.307 e. The Labute approximate surface area is 154 Å². The Morgan fingerprint density at radius 2 is 1.42 bits per heavy atom. The number of carboxylic acid groups (broad SMARTS) is 1. The standard InChI is InChI=1S/C22H29NO3/c24-20(18-14-1-2-15(17-6-16(14)17)19(18)21(25)26)23-10-22-7-11-3-12(8-22)5-13(4-11)9-22/h1-2,11-19H,3-10H2,(H,23,24)(H,25,26)/t11?,12?,13?,14-,15+,16-,17+,18-,19-,22?/m0/s1. The van der Waals surface area contributed by atoms with Gasteiger partial charge in [-0.25, -0.2) is 0 Å². The molecule has 8 rings (SSSR count). The molecule has 4 nitrogen and oxygen atoms in total. The molecule has 6 fully saturated rings. The summed E-state index contributed by atoms with van der Waals surface area (Å²) in [6.07, 6.45) is 13.4. The van der Waals surface area contributed by atoms with Crippen molar-refractivity contribution in [3.8, 4) is 0 Å². The second-order valence-electron chi connectivity index (χ2n) is 10.6. The Morgan fingerprint density at radius 1 is 0.885 bits per heavy atom. The van der Waals surface area contributed by atoms with Gasteiger partial charge in [-0.15, -0.1) is 0 Å². The van der Waals surface area contributed by atoms with Gasteiger partial charge in [0.05, 0.1) is 11.8 Å².